The van der Waals surface area contributed by atoms with Gasteiger partial charge in [-0.1, -0.05) is 0 Å². The first-order chi connectivity index (χ1) is 13.4. The normalized spacial score (nSPS) is 13.9. The van der Waals surface area contributed by atoms with E-state index in [1.54, 1.807) is 0 Å². The molecule has 6 nitrogen and oxygen atoms in total. The van der Waals surface area contributed by atoms with Crippen molar-refractivity contribution in [2.45, 2.75) is 23.7 Å². The second-order valence-electron chi connectivity index (χ2n) is 5.60. The van der Waals surface area contributed by atoms with E-state index >= 15 is 0 Å². The van der Waals surface area contributed by atoms with E-state index in [1.807, 2.05) is 0 Å². The van der Waals surface area contributed by atoms with Crippen LogP contribution in [0.2, 0.25) is 0 Å². The number of ether oxygens (including phenoxy) is 5. The second-order valence-corrected chi connectivity index (χ2v) is 5.60. The van der Waals surface area contributed by atoms with Gasteiger partial charge in [-0.15, -0.1) is 0 Å². The predicted molar refractivity (Wildman–Crippen MR) is 82.0 cm³/mol. The van der Waals surface area contributed by atoms with Gasteiger partial charge in [0.25, 0.3) is 0 Å². The third-order valence-electron chi connectivity index (χ3n) is 3.34. The summed E-state index contributed by atoms with van der Waals surface area (Å²) in [5.74, 6) is -24.3. The molecule has 14 heteroatoms. The molecule has 0 aromatic heterocycles. The Hall–Kier alpha value is -0.800. The number of hydrogen-bond donors (Lipinski definition) is 1. The Bertz CT molecular complexity index is 439. The molecule has 0 fully saturated rings. The number of hydrogen-bond acceptors (Lipinski definition) is 6. The van der Waals surface area contributed by atoms with Crippen molar-refractivity contribution in [3.05, 3.63) is 0 Å². The van der Waals surface area contributed by atoms with Crippen LogP contribution in [0, 0.1) is 0 Å². The van der Waals surface area contributed by atoms with Crippen molar-refractivity contribution in [1.82, 2.24) is 0 Å². The zero-order valence-corrected chi connectivity index (χ0v) is 15.6. The van der Waals surface area contributed by atoms with E-state index in [2.05, 4.69) is 4.74 Å². The maximum absolute atomic E-state index is 13.3. The van der Waals surface area contributed by atoms with Crippen LogP contribution in [0.3, 0.4) is 0 Å². The highest BCUT2D eigenvalue weighted by Gasteiger charge is 2.80. The van der Waals surface area contributed by atoms with Gasteiger partial charge in [-0.3, -0.25) is 0 Å². The lowest BCUT2D eigenvalue weighted by Gasteiger charge is -2.35. The van der Waals surface area contributed by atoms with Gasteiger partial charge in [-0.25, -0.2) is 0 Å². The molecule has 0 heterocycles. The minimum atomic E-state index is -6.50. The summed E-state index contributed by atoms with van der Waals surface area (Å²) in [6.07, 6.45) is 0. The summed E-state index contributed by atoms with van der Waals surface area (Å²) in [6, 6.07) is 0. The molecule has 0 aromatic rings. The Balaban J connectivity index is 4.06. The van der Waals surface area contributed by atoms with E-state index in [0.717, 1.165) is 0 Å². The van der Waals surface area contributed by atoms with E-state index in [9.17, 15) is 35.1 Å². The summed E-state index contributed by atoms with van der Waals surface area (Å²) in [5.41, 5.74) is 0. The van der Waals surface area contributed by atoms with Crippen LogP contribution in [-0.2, 0) is 23.7 Å². The third kappa shape index (κ3) is 8.45. The summed E-state index contributed by atoms with van der Waals surface area (Å²) in [6.45, 7) is -4.58. The fraction of sp³-hybridized carbons (Fsp3) is 1.00. The van der Waals surface area contributed by atoms with Crippen molar-refractivity contribution in [2.75, 3.05) is 73.2 Å². The molecule has 29 heavy (non-hydrogen) atoms. The molecule has 0 atom stereocenters. The van der Waals surface area contributed by atoms with E-state index in [0.29, 0.717) is 19.8 Å². The Labute approximate surface area is 162 Å². The molecule has 0 saturated carbocycles. The van der Waals surface area contributed by atoms with Gasteiger partial charge in [0, 0.05) is 7.11 Å². The molecule has 0 aliphatic heterocycles. The van der Waals surface area contributed by atoms with Gasteiger partial charge in [-0.2, -0.15) is 35.1 Å². The Morgan fingerprint density at radius 2 is 0.897 bits per heavy atom. The number of rotatable bonds is 18. The monoisotopic (exact) mass is 452 g/mol. The fourth-order valence-corrected chi connectivity index (χ4v) is 1.65. The molecule has 0 aromatic carbocycles. The largest absolute Gasteiger partial charge is 0.390 e. The molecule has 176 valence electrons. The van der Waals surface area contributed by atoms with E-state index in [-0.39, 0.29) is 26.4 Å². The number of halogens is 8. The topological polar surface area (TPSA) is 66.4 Å². The van der Waals surface area contributed by atoms with Crippen LogP contribution < -0.4 is 0 Å². The van der Waals surface area contributed by atoms with Gasteiger partial charge in [0.2, 0.25) is 0 Å². The number of methoxy groups -OCH3 is 1. The first-order valence-corrected chi connectivity index (χ1v) is 8.29. The average molecular weight is 452 g/mol. The lowest BCUT2D eigenvalue weighted by molar-refractivity contribution is -0.375. The molecule has 0 spiro atoms. The van der Waals surface area contributed by atoms with Gasteiger partial charge < -0.3 is 28.8 Å². The van der Waals surface area contributed by atoms with Crippen molar-refractivity contribution in [3.8, 4) is 0 Å². The number of aliphatic hydroxyl groups is 1. The SMILES string of the molecule is COCCOCCOCCOCCOCC(F)(F)C(F)(F)C(F)(F)C(F)(F)CO. The highest BCUT2D eigenvalue weighted by atomic mass is 19.4. The fourth-order valence-electron chi connectivity index (χ4n) is 1.65. The van der Waals surface area contributed by atoms with Gasteiger partial charge in [-0.05, 0) is 0 Å². The minimum Gasteiger partial charge on any atom is -0.390 e. The van der Waals surface area contributed by atoms with Crippen LogP contribution in [-0.4, -0.2) is 102 Å². The predicted octanol–water partition coefficient (Wildman–Crippen LogP) is 2.23. The summed E-state index contributed by atoms with van der Waals surface area (Å²) < 4.78 is 129. The van der Waals surface area contributed by atoms with Crippen molar-refractivity contribution in [1.29, 1.82) is 0 Å². The van der Waals surface area contributed by atoms with Gasteiger partial charge in [0.15, 0.2) is 0 Å². The molecule has 0 aliphatic carbocycles. The van der Waals surface area contributed by atoms with Crippen molar-refractivity contribution in [2.24, 2.45) is 0 Å². The molecule has 0 amide bonds. The standard InChI is InChI=1S/C15H24F8O6/c1-25-2-3-26-4-5-27-6-7-28-8-9-29-11-13(18,19)15(22,23)14(20,21)12(16,17)10-24/h24H,2-11H2,1H3. The van der Waals surface area contributed by atoms with Crippen LogP contribution in [0.15, 0.2) is 0 Å². The molecule has 0 saturated heterocycles. The van der Waals surface area contributed by atoms with Gasteiger partial charge in [0.1, 0.15) is 13.2 Å². The highest BCUT2D eigenvalue weighted by Crippen LogP contribution is 2.52. The first kappa shape index (κ1) is 28.2. The maximum atomic E-state index is 13.3. The Kier molecular flexibility index (Phi) is 12.4. The molecule has 0 radical (unpaired) electrons. The van der Waals surface area contributed by atoms with Crippen molar-refractivity contribution < 1.29 is 63.9 Å². The summed E-state index contributed by atoms with van der Waals surface area (Å²) in [4.78, 5) is 0. The summed E-state index contributed by atoms with van der Waals surface area (Å²) in [5, 5.41) is 8.08. The minimum absolute atomic E-state index is 0.00518. The smallest absolute Gasteiger partial charge is 0.380 e. The van der Waals surface area contributed by atoms with E-state index in [1.165, 1.54) is 7.11 Å². The van der Waals surface area contributed by atoms with Gasteiger partial charge in [0.05, 0.1) is 52.9 Å². The highest BCUT2D eigenvalue weighted by molar-refractivity contribution is 5.03. The molecular weight excluding hydrogens is 428 g/mol. The van der Waals surface area contributed by atoms with Crippen LogP contribution in [0.5, 0.6) is 0 Å². The Morgan fingerprint density at radius 3 is 1.28 bits per heavy atom. The molecule has 0 aliphatic rings. The van der Waals surface area contributed by atoms with Crippen LogP contribution >= 0.6 is 0 Å². The molecule has 0 bridgehead atoms. The van der Waals surface area contributed by atoms with Crippen LogP contribution in [0.25, 0.3) is 0 Å². The van der Waals surface area contributed by atoms with Crippen molar-refractivity contribution >= 4 is 0 Å². The first-order valence-electron chi connectivity index (χ1n) is 8.29. The molecule has 0 unspecified atom stereocenters. The zero-order valence-electron chi connectivity index (χ0n) is 15.6. The lowest BCUT2D eigenvalue weighted by atomic mass is 9.99. The van der Waals surface area contributed by atoms with Crippen LogP contribution in [0.1, 0.15) is 0 Å². The summed E-state index contributed by atoms with van der Waals surface area (Å²) >= 11 is 0. The quantitative estimate of drug-likeness (QED) is 0.254. The van der Waals surface area contributed by atoms with Crippen molar-refractivity contribution in [3.63, 3.8) is 0 Å². The zero-order chi connectivity index (χ0) is 22.6. The van der Waals surface area contributed by atoms with E-state index < -0.39 is 43.5 Å². The van der Waals surface area contributed by atoms with E-state index in [4.69, 9.17) is 24.1 Å². The Morgan fingerprint density at radius 1 is 0.552 bits per heavy atom. The number of aliphatic hydroxyl groups excluding tert-OH is 1. The molecular formula is C15H24F8O6. The second kappa shape index (κ2) is 12.8. The molecule has 0 rings (SSSR count). The van der Waals surface area contributed by atoms with Gasteiger partial charge >= 0.3 is 23.7 Å². The average Bonchev–Trinajstić information content (AvgIpc) is 2.64. The summed E-state index contributed by atoms with van der Waals surface area (Å²) in [7, 11) is 1.51. The number of alkyl halides is 8. The maximum Gasteiger partial charge on any atom is 0.380 e. The third-order valence-corrected chi connectivity index (χ3v) is 3.34. The molecule has 1 N–H and O–H groups in total. The van der Waals surface area contributed by atoms with Crippen LogP contribution in [0.4, 0.5) is 35.1 Å². The lowest BCUT2D eigenvalue weighted by Crippen LogP contribution is -2.64.